The minimum absolute atomic E-state index is 0.309. The first-order valence-electron chi connectivity index (χ1n) is 6.59. The molecule has 0 radical (unpaired) electrons. The van der Waals surface area contributed by atoms with Crippen LogP contribution in [0.1, 0.15) is 31.2 Å². The van der Waals surface area contributed by atoms with Crippen LogP contribution in [-0.4, -0.2) is 19.8 Å². The van der Waals surface area contributed by atoms with Gasteiger partial charge in [0.2, 0.25) is 0 Å². The summed E-state index contributed by atoms with van der Waals surface area (Å²) in [4.78, 5) is 4.61. The maximum absolute atomic E-state index is 6.06. The van der Waals surface area contributed by atoms with E-state index in [1.165, 1.54) is 12.8 Å². The highest BCUT2D eigenvalue weighted by atomic mass is 79.9. The lowest BCUT2D eigenvalue weighted by atomic mass is 10.1. The molecule has 0 saturated heterocycles. The van der Waals surface area contributed by atoms with Crippen LogP contribution in [0.3, 0.4) is 0 Å². The van der Waals surface area contributed by atoms with E-state index in [1.807, 2.05) is 12.1 Å². The zero-order chi connectivity index (χ0) is 13.7. The normalized spacial score (nSPS) is 15.7. The summed E-state index contributed by atoms with van der Waals surface area (Å²) < 4.78 is 12.4. The molecule has 1 aromatic rings. The summed E-state index contributed by atoms with van der Waals surface area (Å²) in [6.07, 6.45) is 5.79. The quantitative estimate of drug-likeness (QED) is 0.814. The molecule has 106 valence electrons. The minimum Gasteiger partial charge on any atom is -0.493 e. The standard InChI is InChI=1S/C14H20BrNO3/c1-17-13-9-10(6-7-18-16)8-12(15)14(13)19-11-4-2-3-5-11/h8-9,11H,2-7,16H2,1H3. The molecule has 1 fully saturated rings. The highest BCUT2D eigenvalue weighted by Gasteiger charge is 2.20. The topological polar surface area (TPSA) is 53.7 Å². The summed E-state index contributed by atoms with van der Waals surface area (Å²) >= 11 is 3.56. The lowest BCUT2D eigenvalue weighted by molar-refractivity contribution is 0.141. The predicted octanol–water partition coefficient (Wildman–Crippen LogP) is 3.21. The molecule has 0 unspecified atom stereocenters. The lowest BCUT2D eigenvalue weighted by Gasteiger charge is -2.18. The Morgan fingerprint density at radius 2 is 2.05 bits per heavy atom. The molecular weight excluding hydrogens is 310 g/mol. The van der Waals surface area contributed by atoms with Gasteiger partial charge in [-0.1, -0.05) is 0 Å². The number of halogens is 1. The first-order valence-corrected chi connectivity index (χ1v) is 7.38. The van der Waals surface area contributed by atoms with E-state index in [2.05, 4.69) is 20.8 Å². The van der Waals surface area contributed by atoms with E-state index < -0.39 is 0 Å². The van der Waals surface area contributed by atoms with Crippen molar-refractivity contribution in [3.05, 3.63) is 22.2 Å². The molecule has 0 aromatic heterocycles. The molecule has 1 aliphatic carbocycles. The summed E-state index contributed by atoms with van der Waals surface area (Å²) in [6, 6.07) is 4.01. The minimum atomic E-state index is 0.309. The van der Waals surface area contributed by atoms with Gasteiger partial charge in [-0.05, 0) is 65.7 Å². The molecule has 2 rings (SSSR count). The van der Waals surface area contributed by atoms with Crippen LogP contribution in [0.2, 0.25) is 0 Å². The number of methoxy groups -OCH3 is 1. The number of rotatable bonds is 6. The third-order valence-corrected chi connectivity index (χ3v) is 3.97. The van der Waals surface area contributed by atoms with Crippen LogP contribution in [0.5, 0.6) is 11.5 Å². The van der Waals surface area contributed by atoms with Gasteiger partial charge in [0, 0.05) is 0 Å². The van der Waals surface area contributed by atoms with E-state index in [0.29, 0.717) is 12.7 Å². The van der Waals surface area contributed by atoms with Crippen molar-refractivity contribution in [2.45, 2.75) is 38.2 Å². The van der Waals surface area contributed by atoms with Gasteiger partial charge in [0.1, 0.15) is 0 Å². The molecule has 0 heterocycles. The second-order valence-corrected chi connectivity index (χ2v) is 5.61. The van der Waals surface area contributed by atoms with Gasteiger partial charge in [-0.3, -0.25) is 0 Å². The zero-order valence-electron chi connectivity index (χ0n) is 11.2. The smallest absolute Gasteiger partial charge is 0.175 e. The van der Waals surface area contributed by atoms with Crippen molar-refractivity contribution < 1.29 is 14.3 Å². The molecule has 0 atom stereocenters. The second-order valence-electron chi connectivity index (χ2n) is 4.75. The maximum Gasteiger partial charge on any atom is 0.175 e. The SMILES string of the molecule is COc1cc(CCON)cc(Br)c1OC1CCCC1. The first-order chi connectivity index (χ1) is 9.24. The fourth-order valence-electron chi connectivity index (χ4n) is 2.38. The van der Waals surface area contributed by atoms with Gasteiger partial charge >= 0.3 is 0 Å². The van der Waals surface area contributed by atoms with Crippen molar-refractivity contribution in [1.29, 1.82) is 0 Å². The van der Waals surface area contributed by atoms with E-state index in [4.69, 9.17) is 15.4 Å². The maximum atomic E-state index is 6.06. The lowest BCUT2D eigenvalue weighted by Crippen LogP contribution is -2.12. The van der Waals surface area contributed by atoms with E-state index in [-0.39, 0.29) is 0 Å². The average Bonchev–Trinajstić information content (AvgIpc) is 2.91. The number of hydrogen-bond donors (Lipinski definition) is 1. The first kappa shape index (κ1) is 14.6. The van der Waals surface area contributed by atoms with Crippen LogP contribution in [0.4, 0.5) is 0 Å². The Labute approximate surface area is 122 Å². The molecule has 19 heavy (non-hydrogen) atoms. The molecule has 0 spiro atoms. The molecule has 0 aliphatic heterocycles. The van der Waals surface area contributed by atoms with Crippen molar-refractivity contribution in [1.82, 2.24) is 0 Å². The van der Waals surface area contributed by atoms with Crippen LogP contribution in [0.25, 0.3) is 0 Å². The third kappa shape index (κ3) is 3.84. The summed E-state index contributed by atoms with van der Waals surface area (Å²) in [6.45, 7) is 0.485. The summed E-state index contributed by atoms with van der Waals surface area (Å²) in [5.41, 5.74) is 1.10. The van der Waals surface area contributed by atoms with Gasteiger partial charge in [0.25, 0.3) is 0 Å². The third-order valence-electron chi connectivity index (χ3n) is 3.38. The van der Waals surface area contributed by atoms with Crippen LogP contribution in [-0.2, 0) is 11.3 Å². The molecule has 1 saturated carbocycles. The van der Waals surface area contributed by atoms with Crippen LogP contribution >= 0.6 is 15.9 Å². The van der Waals surface area contributed by atoms with Crippen molar-refractivity contribution in [2.24, 2.45) is 5.90 Å². The average molecular weight is 330 g/mol. The van der Waals surface area contributed by atoms with Crippen LogP contribution in [0.15, 0.2) is 16.6 Å². The Kier molecular flexibility index (Phi) is 5.48. The Morgan fingerprint density at radius 1 is 1.32 bits per heavy atom. The zero-order valence-corrected chi connectivity index (χ0v) is 12.7. The van der Waals surface area contributed by atoms with Crippen molar-refractivity contribution in [3.8, 4) is 11.5 Å². The molecule has 1 aromatic carbocycles. The molecule has 5 heteroatoms. The fourth-order valence-corrected chi connectivity index (χ4v) is 2.96. The number of hydrogen-bond acceptors (Lipinski definition) is 4. The Bertz CT molecular complexity index is 419. The molecule has 0 amide bonds. The van der Waals surface area contributed by atoms with Gasteiger partial charge in [-0.15, -0.1) is 0 Å². The molecule has 1 aliphatic rings. The van der Waals surface area contributed by atoms with E-state index >= 15 is 0 Å². The van der Waals surface area contributed by atoms with E-state index in [0.717, 1.165) is 40.8 Å². The van der Waals surface area contributed by atoms with Crippen molar-refractivity contribution in [2.75, 3.05) is 13.7 Å². The van der Waals surface area contributed by atoms with Crippen LogP contribution in [0, 0.1) is 0 Å². The Balaban J connectivity index is 2.16. The fraction of sp³-hybridized carbons (Fsp3) is 0.571. The number of benzene rings is 1. The van der Waals surface area contributed by atoms with Crippen molar-refractivity contribution >= 4 is 15.9 Å². The Hall–Kier alpha value is -0.780. The molecule has 4 nitrogen and oxygen atoms in total. The summed E-state index contributed by atoms with van der Waals surface area (Å²) in [5.74, 6) is 6.61. The summed E-state index contributed by atoms with van der Waals surface area (Å²) in [5, 5.41) is 0. The highest BCUT2D eigenvalue weighted by molar-refractivity contribution is 9.10. The van der Waals surface area contributed by atoms with Gasteiger partial charge in [-0.2, -0.15) is 0 Å². The molecule has 0 bridgehead atoms. The Morgan fingerprint density at radius 3 is 2.68 bits per heavy atom. The highest BCUT2D eigenvalue weighted by Crippen LogP contribution is 2.39. The largest absolute Gasteiger partial charge is 0.493 e. The van der Waals surface area contributed by atoms with Gasteiger partial charge in [-0.25, -0.2) is 5.90 Å². The summed E-state index contributed by atoms with van der Waals surface area (Å²) in [7, 11) is 1.66. The van der Waals surface area contributed by atoms with E-state index in [1.54, 1.807) is 7.11 Å². The molecule has 2 N–H and O–H groups in total. The van der Waals surface area contributed by atoms with Gasteiger partial charge in [0.15, 0.2) is 11.5 Å². The second kappa shape index (κ2) is 7.12. The van der Waals surface area contributed by atoms with E-state index in [9.17, 15) is 0 Å². The van der Waals surface area contributed by atoms with Gasteiger partial charge in [0.05, 0.1) is 24.3 Å². The monoisotopic (exact) mass is 329 g/mol. The van der Waals surface area contributed by atoms with Crippen molar-refractivity contribution in [3.63, 3.8) is 0 Å². The number of ether oxygens (including phenoxy) is 2. The predicted molar refractivity (Wildman–Crippen MR) is 77.4 cm³/mol. The molecular formula is C14H20BrNO3. The van der Waals surface area contributed by atoms with Crippen LogP contribution < -0.4 is 15.4 Å². The van der Waals surface area contributed by atoms with Gasteiger partial charge < -0.3 is 14.3 Å². The number of nitrogens with two attached hydrogens (primary N) is 1.